The fourth-order valence-corrected chi connectivity index (χ4v) is 3.15. The Bertz CT molecular complexity index is 654. The van der Waals surface area contributed by atoms with E-state index in [2.05, 4.69) is 0 Å². The molecule has 0 spiro atoms. The van der Waals surface area contributed by atoms with E-state index >= 15 is 0 Å². The zero-order valence-corrected chi connectivity index (χ0v) is 13.0. The molecule has 3 N–H and O–H groups in total. The summed E-state index contributed by atoms with van der Waals surface area (Å²) in [6, 6.07) is 10.8. The predicted molar refractivity (Wildman–Crippen MR) is 85.8 cm³/mol. The van der Waals surface area contributed by atoms with Crippen molar-refractivity contribution in [1.29, 1.82) is 0 Å². The highest BCUT2D eigenvalue weighted by Gasteiger charge is 2.23. The number of benzene rings is 1. The first-order chi connectivity index (χ1) is 10.5. The summed E-state index contributed by atoms with van der Waals surface area (Å²) < 4.78 is 0. The number of primary amides is 1. The van der Waals surface area contributed by atoms with Gasteiger partial charge in [0.2, 0.25) is 5.91 Å². The molecule has 116 valence electrons. The van der Waals surface area contributed by atoms with Crippen molar-refractivity contribution in [2.24, 2.45) is 5.73 Å². The molecule has 6 heteroatoms. The van der Waals surface area contributed by atoms with Crippen molar-refractivity contribution in [3.63, 3.8) is 0 Å². The molecule has 0 radical (unpaired) electrons. The van der Waals surface area contributed by atoms with E-state index in [4.69, 9.17) is 5.73 Å². The van der Waals surface area contributed by atoms with Gasteiger partial charge in [-0.05, 0) is 18.1 Å². The third-order valence-corrected chi connectivity index (χ3v) is 4.39. The average molecular weight is 318 g/mol. The second-order valence-electron chi connectivity index (χ2n) is 4.92. The Morgan fingerprint density at radius 1 is 1.32 bits per heavy atom. The zero-order chi connectivity index (χ0) is 16.1. The van der Waals surface area contributed by atoms with Gasteiger partial charge in [-0.1, -0.05) is 30.3 Å². The molecule has 5 nitrogen and oxygen atoms in total. The number of hydrogen-bond donors (Lipinski definition) is 2. The van der Waals surface area contributed by atoms with Gasteiger partial charge in [0, 0.05) is 19.0 Å². The van der Waals surface area contributed by atoms with Crippen molar-refractivity contribution in [1.82, 2.24) is 4.90 Å². The third-order valence-electron chi connectivity index (χ3n) is 3.47. The molecule has 0 aliphatic heterocycles. The minimum absolute atomic E-state index is 0.0197. The minimum Gasteiger partial charge on any atom is -0.396 e. The van der Waals surface area contributed by atoms with E-state index in [9.17, 15) is 14.7 Å². The molecule has 0 saturated heterocycles. The summed E-state index contributed by atoms with van der Waals surface area (Å²) >= 11 is 1.19. The van der Waals surface area contributed by atoms with E-state index in [0.717, 1.165) is 5.56 Å². The first-order valence-electron chi connectivity index (χ1n) is 6.86. The van der Waals surface area contributed by atoms with Gasteiger partial charge in [-0.2, -0.15) is 0 Å². The maximum absolute atomic E-state index is 12.6. The van der Waals surface area contributed by atoms with Crippen molar-refractivity contribution in [2.45, 2.75) is 12.5 Å². The lowest BCUT2D eigenvalue weighted by molar-refractivity contribution is 0.0710. The molecule has 0 saturated carbocycles. The van der Waals surface area contributed by atoms with Gasteiger partial charge in [-0.15, -0.1) is 11.3 Å². The zero-order valence-electron chi connectivity index (χ0n) is 12.2. The standard InChI is InChI=1S/C16H18N2O3S/c1-18(13(7-8-19)11-5-3-2-4-6-11)16(21)14-9-12(10-22-14)15(17)20/h2-6,9-10,13,19H,7-8H2,1H3,(H2,17,20). The van der Waals surface area contributed by atoms with Crippen LogP contribution in [0.3, 0.4) is 0 Å². The van der Waals surface area contributed by atoms with E-state index in [1.165, 1.54) is 17.4 Å². The molecular weight excluding hydrogens is 300 g/mol. The number of aliphatic hydroxyl groups is 1. The van der Waals surface area contributed by atoms with Crippen LogP contribution in [-0.2, 0) is 0 Å². The van der Waals surface area contributed by atoms with Gasteiger partial charge in [-0.3, -0.25) is 9.59 Å². The van der Waals surface area contributed by atoms with Gasteiger partial charge in [-0.25, -0.2) is 0 Å². The fourth-order valence-electron chi connectivity index (χ4n) is 2.27. The monoisotopic (exact) mass is 318 g/mol. The van der Waals surface area contributed by atoms with Crippen molar-refractivity contribution >= 4 is 23.2 Å². The van der Waals surface area contributed by atoms with E-state index in [-0.39, 0.29) is 18.6 Å². The summed E-state index contributed by atoms with van der Waals surface area (Å²) in [7, 11) is 1.69. The maximum atomic E-state index is 12.6. The molecule has 2 amide bonds. The lowest BCUT2D eigenvalue weighted by Crippen LogP contribution is -2.31. The number of rotatable bonds is 6. The quantitative estimate of drug-likeness (QED) is 0.855. The van der Waals surface area contributed by atoms with Crippen LogP contribution < -0.4 is 5.73 Å². The molecule has 1 aromatic heterocycles. The van der Waals surface area contributed by atoms with Gasteiger partial charge in [0.1, 0.15) is 0 Å². The molecule has 0 fully saturated rings. The normalized spacial score (nSPS) is 11.9. The third kappa shape index (κ3) is 3.52. The second-order valence-corrected chi connectivity index (χ2v) is 5.83. The highest BCUT2D eigenvalue weighted by molar-refractivity contribution is 7.12. The summed E-state index contributed by atoms with van der Waals surface area (Å²) in [5.41, 5.74) is 6.50. The molecule has 1 atom stereocenters. The second kappa shape index (κ2) is 7.20. The van der Waals surface area contributed by atoms with Crippen LogP contribution in [0.15, 0.2) is 41.8 Å². The lowest BCUT2D eigenvalue weighted by atomic mass is 10.0. The molecule has 2 rings (SSSR count). The Balaban J connectivity index is 2.24. The summed E-state index contributed by atoms with van der Waals surface area (Å²) in [6.07, 6.45) is 0.445. The summed E-state index contributed by atoms with van der Waals surface area (Å²) in [5.74, 6) is -0.743. The van der Waals surface area contributed by atoms with Crippen molar-refractivity contribution in [3.8, 4) is 0 Å². The van der Waals surface area contributed by atoms with E-state index in [0.29, 0.717) is 16.9 Å². The first kappa shape index (κ1) is 16.2. The molecule has 22 heavy (non-hydrogen) atoms. The highest BCUT2D eigenvalue weighted by Crippen LogP contribution is 2.26. The molecule has 0 bridgehead atoms. The van der Waals surface area contributed by atoms with Gasteiger partial charge in [0.15, 0.2) is 0 Å². The predicted octanol–water partition coefficient (Wildman–Crippen LogP) is 2.04. The Labute approximate surface area is 133 Å². The summed E-state index contributed by atoms with van der Waals surface area (Å²) in [5, 5.41) is 10.9. The van der Waals surface area contributed by atoms with E-state index < -0.39 is 5.91 Å². The topological polar surface area (TPSA) is 83.6 Å². The number of carbonyl (C=O) groups is 2. The fraction of sp³-hybridized carbons (Fsp3) is 0.250. The summed E-state index contributed by atoms with van der Waals surface area (Å²) in [4.78, 5) is 25.7. The number of carbonyl (C=O) groups excluding carboxylic acids is 2. The SMILES string of the molecule is CN(C(=O)c1cc(C(N)=O)cs1)C(CCO)c1ccccc1. The molecule has 0 aliphatic rings. The van der Waals surface area contributed by atoms with Crippen LogP contribution in [0.25, 0.3) is 0 Å². The van der Waals surface area contributed by atoms with Crippen molar-refractivity contribution in [2.75, 3.05) is 13.7 Å². The van der Waals surface area contributed by atoms with Crippen LogP contribution >= 0.6 is 11.3 Å². The number of aliphatic hydroxyl groups excluding tert-OH is 1. The molecule has 1 heterocycles. The smallest absolute Gasteiger partial charge is 0.264 e. The largest absolute Gasteiger partial charge is 0.396 e. The van der Waals surface area contributed by atoms with Crippen molar-refractivity contribution in [3.05, 3.63) is 57.8 Å². The molecule has 1 unspecified atom stereocenters. The summed E-state index contributed by atoms with van der Waals surface area (Å²) in [6.45, 7) is -0.0197. The van der Waals surface area contributed by atoms with E-state index in [1.807, 2.05) is 30.3 Å². The highest BCUT2D eigenvalue weighted by atomic mass is 32.1. The van der Waals surface area contributed by atoms with E-state index in [1.54, 1.807) is 17.3 Å². The lowest BCUT2D eigenvalue weighted by Gasteiger charge is -2.28. The number of hydrogen-bond acceptors (Lipinski definition) is 4. The Kier molecular flexibility index (Phi) is 5.30. The van der Waals surface area contributed by atoms with Crippen LogP contribution in [0.2, 0.25) is 0 Å². The number of thiophene rings is 1. The van der Waals surface area contributed by atoms with Gasteiger partial charge < -0.3 is 15.7 Å². The molecular formula is C16H18N2O3S. The number of nitrogens with zero attached hydrogens (tertiary/aromatic N) is 1. The molecule has 2 aromatic rings. The minimum atomic E-state index is -0.548. The molecule has 1 aromatic carbocycles. The number of nitrogens with two attached hydrogens (primary N) is 1. The van der Waals surface area contributed by atoms with Crippen LogP contribution in [0.1, 0.15) is 38.1 Å². The van der Waals surface area contributed by atoms with Crippen LogP contribution in [0.5, 0.6) is 0 Å². The average Bonchev–Trinajstić information content (AvgIpc) is 3.02. The van der Waals surface area contributed by atoms with Gasteiger partial charge >= 0.3 is 0 Å². The van der Waals surface area contributed by atoms with Gasteiger partial charge in [0.05, 0.1) is 16.5 Å². The van der Waals surface area contributed by atoms with Crippen LogP contribution in [0.4, 0.5) is 0 Å². The van der Waals surface area contributed by atoms with Crippen molar-refractivity contribution < 1.29 is 14.7 Å². The van der Waals surface area contributed by atoms with Crippen LogP contribution in [-0.4, -0.2) is 35.5 Å². The van der Waals surface area contributed by atoms with Gasteiger partial charge in [0.25, 0.3) is 5.91 Å². The number of amides is 2. The maximum Gasteiger partial charge on any atom is 0.264 e. The van der Waals surface area contributed by atoms with Crippen LogP contribution in [0, 0.1) is 0 Å². The first-order valence-corrected chi connectivity index (χ1v) is 7.74. The molecule has 0 aliphatic carbocycles. The Morgan fingerprint density at radius 2 is 2.00 bits per heavy atom. The Morgan fingerprint density at radius 3 is 2.55 bits per heavy atom. The Hall–Kier alpha value is -2.18.